The van der Waals surface area contributed by atoms with Crippen LogP contribution in [-0.2, 0) is 14.4 Å². The van der Waals surface area contributed by atoms with Gasteiger partial charge in [-0.2, -0.15) is 0 Å². The van der Waals surface area contributed by atoms with Gasteiger partial charge in [0.25, 0.3) is 0 Å². The molecule has 6 nitrogen and oxygen atoms in total. The summed E-state index contributed by atoms with van der Waals surface area (Å²) in [5.41, 5.74) is 0. The van der Waals surface area contributed by atoms with Gasteiger partial charge in [0, 0.05) is 19.0 Å². The first-order valence-corrected chi connectivity index (χ1v) is 8.49. The van der Waals surface area contributed by atoms with Gasteiger partial charge in [-0.3, -0.25) is 19.3 Å². The molecule has 0 aromatic rings. The molecule has 116 valence electrons. The molecule has 0 bridgehead atoms. The SMILES string of the molecule is O=C(CCCCN1C(=O)CSC1=S)NCC(=O)NC1CC1. The molecule has 1 saturated heterocycles. The van der Waals surface area contributed by atoms with Crippen molar-refractivity contribution in [3.63, 3.8) is 0 Å². The molecule has 0 atom stereocenters. The average molecular weight is 329 g/mol. The van der Waals surface area contributed by atoms with E-state index in [1.165, 1.54) is 11.8 Å². The molecule has 1 saturated carbocycles. The fraction of sp³-hybridized carbons (Fsp3) is 0.692. The van der Waals surface area contributed by atoms with Gasteiger partial charge >= 0.3 is 0 Å². The summed E-state index contributed by atoms with van der Waals surface area (Å²) in [7, 11) is 0. The van der Waals surface area contributed by atoms with Crippen LogP contribution in [0.5, 0.6) is 0 Å². The standard InChI is InChI=1S/C13H19N3O3S2/c17-10(14-7-11(18)15-9-4-5-9)3-1-2-6-16-12(19)8-21-13(16)20/h9H,1-8H2,(H,14,17)(H,15,18). The van der Waals surface area contributed by atoms with Gasteiger partial charge in [-0.1, -0.05) is 24.0 Å². The van der Waals surface area contributed by atoms with Crippen molar-refractivity contribution in [3.05, 3.63) is 0 Å². The Kier molecular flexibility index (Phi) is 5.98. The first-order chi connectivity index (χ1) is 10.1. The van der Waals surface area contributed by atoms with Crippen molar-refractivity contribution in [2.75, 3.05) is 18.8 Å². The second-order valence-electron chi connectivity index (χ2n) is 5.18. The van der Waals surface area contributed by atoms with Gasteiger partial charge in [-0.25, -0.2) is 0 Å². The lowest BCUT2D eigenvalue weighted by Crippen LogP contribution is -2.37. The second-order valence-corrected chi connectivity index (χ2v) is 6.78. The zero-order chi connectivity index (χ0) is 15.2. The Balaban J connectivity index is 1.51. The van der Waals surface area contributed by atoms with Crippen LogP contribution >= 0.6 is 24.0 Å². The Morgan fingerprint density at radius 1 is 1.29 bits per heavy atom. The van der Waals surface area contributed by atoms with Crippen LogP contribution in [-0.4, -0.2) is 51.8 Å². The van der Waals surface area contributed by atoms with Crippen molar-refractivity contribution in [1.29, 1.82) is 0 Å². The third-order valence-corrected chi connectivity index (χ3v) is 4.70. The highest BCUT2D eigenvalue weighted by molar-refractivity contribution is 8.23. The molecule has 0 aromatic carbocycles. The van der Waals surface area contributed by atoms with Gasteiger partial charge in [-0.15, -0.1) is 0 Å². The van der Waals surface area contributed by atoms with E-state index in [0.29, 0.717) is 35.5 Å². The van der Waals surface area contributed by atoms with Crippen LogP contribution in [0.25, 0.3) is 0 Å². The third-order valence-electron chi connectivity index (χ3n) is 3.26. The fourth-order valence-corrected chi connectivity index (χ4v) is 3.05. The van der Waals surface area contributed by atoms with E-state index in [9.17, 15) is 14.4 Å². The highest BCUT2D eigenvalue weighted by Gasteiger charge is 2.25. The molecule has 3 amide bonds. The number of carbonyl (C=O) groups excluding carboxylic acids is 3. The zero-order valence-corrected chi connectivity index (χ0v) is 13.4. The maximum absolute atomic E-state index is 11.6. The largest absolute Gasteiger partial charge is 0.352 e. The van der Waals surface area contributed by atoms with E-state index < -0.39 is 0 Å². The number of carbonyl (C=O) groups is 3. The number of nitrogens with zero attached hydrogens (tertiary/aromatic N) is 1. The van der Waals surface area contributed by atoms with E-state index in [2.05, 4.69) is 10.6 Å². The van der Waals surface area contributed by atoms with Crippen LogP contribution < -0.4 is 10.6 Å². The number of nitrogens with one attached hydrogen (secondary N) is 2. The number of thiocarbonyl (C=S) groups is 1. The Morgan fingerprint density at radius 2 is 2.05 bits per heavy atom. The van der Waals surface area contributed by atoms with E-state index in [1.807, 2.05) is 0 Å². The molecule has 0 radical (unpaired) electrons. The molecule has 21 heavy (non-hydrogen) atoms. The zero-order valence-electron chi connectivity index (χ0n) is 11.7. The maximum Gasteiger partial charge on any atom is 0.239 e. The quantitative estimate of drug-likeness (QED) is 0.498. The Bertz CT molecular complexity index is 436. The molecule has 2 rings (SSSR count). The predicted octanol–water partition coefficient (Wildman–Crippen LogP) is 0.412. The monoisotopic (exact) mass is 329 g/mol. The summed E-state index contributed by atoms with van der Waals surface area (Å²) < 4.78 is 0.626. The van der Waals surface area contributed by atoms with Crippen molar-refractivity contribution >= 4 is 46.0 Å². The van der Waals surface area contributed by atoms with E-state index in [4.69, 9.17) is 12.2 Å². The molecular formula is C13H19N3O3S2. The number of rotatable bonds is 8. The van der Waals surface area contributed by atoms with Crippen molar-refractivity contribution in [3.8, 4) is 0 Å². The Morgan fingerprint density at radius 3 is 2.67 bits per heavy atom. The van der Waals surface area contributed by atoms with Crippen LogP contribution in [0.4, 0.5) is 0 Å². The Labute approximate surface area is 133 Å². The summed E-state index contributed by atoms with van der Waals surface area (Å²) in [6.07, 6.45) is 3.84. The molecule has 1 aliphatic carbocycles. The normalized spacial score (nSPS) is 18.0. The van der Waals surface area contributed by atoms with Crippen molar-refractivity contribution in [2.24, 2.45) is 0 Å². The minimum atomic E-state index is -0.134. The molecule has 8 heteroatoms. The molecule has 1 aliphatic heterocycles. The lowest BCUT2D eigenvalue weighted by atomic mass is 10.2. The van der Waals surface area contributed by atoms with Crippen molar-refractivity contribution < 1.29 is 14.4 Å². The summed E-state index contributed by atoms with van der Waals surface area (Å²) in [5.74, 6) is 0.211. The topological polar surface area (TPSA) is 78.5 Å². The number of unbranched alkanes of at least 4 members (excludes halogenated alkanes) is 1. The summed E-state index contributed by atoms with van der Waals surface area (Å²) in [6.45, 7) is 0.612. The van der Waals surface area contributed by atoms with Crippen molar-refractivity contribution in [2.45, 2.75) is 38.1 Å². The Hall–Kier alpha value is -1.15. The van der Waals surface area contributed by atoms with E-state index in [0.717, 1.165) is 19.3 Å². The van der Waals surface area contributed by atoms with Crippen LogP contribution in [0.3, 0.4) is 0 Å². The van der Waals surface area contributed by atoms with E-state index >= 15 is 0 Å². The molecule has 0 unspecified atom stereocenters. The van der Waals surface area contributed by atoms with Crippen LogP contribution in [0.2, 0.25) is 0 Å². The van der Waals surface area contributed by atoms with Gasteiger partial charge < -0.3 is 10.6 Å². The summed E-state index contributed by atoms with van der Waals surface area (Å²) in [6, 6.07) is 0.314. The second kappa shape index (κ2) is 7.74. The highest BCUT2D eigenvalue weighted by atomic mass is 32.2. The summed E-state index contributed by atoms with van der Waals surface area (Å²) in [5, 5.41) is 5.41. The molecule has 2 N–H and O–H groups in total. The average Bonchev–Trinajstić information content (AvgIpc) is 3.20. The number of amides is 3. The minimum Gasteiger partial charge on any atom is -0.352 e. The summed E-state index contributed by atoms with van der Waals surface area (Å²) in [4.78, 5) is 36.0. The molecule has 2 fully saturated rings. The predicted molar refractivity (Wildman–Crippen MR) is 84.8 cm³/mol. The molecule has 2 aliphatic rings. The lowest BCUT2D eigenvalue weighted by molar-refractivity contribution is -0.126. The molecular weight excluding hydrogens is 310 g/mol. The third kappa shape index (κ3) is 5.62. The molecule has 1 heterocycles. The van der Waals surface area contributed by atoms with Gasteiger partial charge in [0.2, 0.25) is 17.7 Å². The van der Waals surface area contributed by atoms with Crippen molar-refractivity contribution in [1.82, 2.24) is 15.5 Å². The minimum absolute atomic E-state index is 0.0423. The lowest BCUT2D eigenvalue weighted by Gasteiger charge is -2.14. The van der Waals surface area contributed by atoms with Gasteiger partial charge in [0.1, 0.15) is 4.32 Å². The van der Waals surface area contributed by atoms with E-state index in [1.54, 1.807) is 4.90 Å². The number of hydrogen-bond donors (Lipinski definition) is 2. The van der Waals surface area contributed by atoms with Gasteiger partial charge in [-0.05, 0) is 25.7 Å². The highest BCUT2D eigenvalue weighted by Crippen LogP contribution is 2.19. The maximum atomic E-state index is 11.6. The van der Waals surface area contributed by atoms with Crippen LogP contribution in [0, 0.1) is 0 Å². The number of hydrogen-bond acceptors (Lipinski definition) is 5. The smallest absolute Gasteiger partial charge is 0.239 e. The van der Waals surface area contributed by atoms with Gasteiger partial charge in [0.05, 0.1) is 12.3 Å². The molecule has 0 aromatic heterocycles. The summed E-state index contributed by atoms with van der Waals surface area (Å²) >= 11 is 6.46. The van der Waals surface area contributed by atoms with Gasteiger partial charge in [0.15, 0.2) is 0 Å². The van der Waals surface area contributed by atoms with E-state index in [-0.39, 0.29) is 24.3 Å². The first kappa shape index (κ1) is 16.2. The number of thioether (sulfide) groups is 1. The molecule has 0 spiro atoms. The van der Waals surface area contributed by atoms with Crippen LogP contribution in [0.1, 0.15) is 32.1 Å². The fourth-order valence-electron chi connectivity index (χ4n) is 1.93. The van der Waals surface area contributed by atoms with Crippen LogP contribution in [0.15, 0.2) is 0 Å². The first-order valence-electron chi connectivity index (χ1n) is 7.09.